The highest BCUT2D eigenvalue weighted by Gasteiger charge is 2.36. The number of rotatable bonds is 5. The van der Waals surface area contributed by atoms with Gasteiger partial charge in [0.1, 0.15) is 13.2 Å². The molecule has 0 saturated heterocycles. The maximum atomic E-state index is 12.2. The molecular formula is C17H11ClN2O6. The first-order chi connectivity index (χ1) is 12.4. The summed E-state index contributed by atoms with van der Waals surface area (Å²) in [5, 5.41) is 10.7. The van der Waals surface area contributed by atoms with Crippen LogP contribution in [0.2, 0.25) is 5.02 Å². The van der Waals surface area contributed by atoms with E-state index in [4.69, 9.17) is 16.3 Å². The van der Waals surface area contributed by atoms with Gasteiger partial charge in [-0.1, -0.05) is 23.7 Å². The number of imide groups is 1. The summed E-state index contributed by atoms with van der Waals surface area (Å²) in [5.74, 6) is -1.92. The van der Waals surface area contributed by atoms with E-state index in [-0.39, 0.29) is 28.4 Å². The lowest BCUT2D eigenvalue weighted by Gasteiger charge is -2.13. The van der Waals surface area contributed by atoms with Crippen molar-refractivity contribution in [2.75, 3.05) is 6.54 Å². The Morgan fingerprint density at radius 3 is 2.27 bits per heavy atom. The molecule has 0 saturated carbocycles. The number of benzene rings is 2. The fraction of sp³-hybridized carbons (Fsp3) is 0.118. The van der Waals surface area contributed by atoms with Gasteiger partial charge < -0.3 is 4.74 Å². The van der Waals surface area contributed by atoms with Crippen molar-refractivity contribution in [2.45, 2.75) is 6.61 Å². The van der Waals surface area contributed by atoms with Crippen molar-refractivity contribution in [2.24, 2.45) is 0 Å². The first kappa shape index (κ1) is 17.6. The predicted molar refractivity (Wildman–Crippen MR) is 89.7 cm³/mol. The van der Waals surface area contributed by atoms with Crippen LogP contribution in [0.15, 0.2) is 42.5 Å². The van der Waals surface area contributed by atoms with Gasteiger partial charge in [0.15, 0.2) is 0 Å². The Kier molecular flexibility index (Phi) is 4.68. The van der Waals surface area contributed by atoms with Crippen LogP contribution in [0, 0.1) is 10.1 Å². The minimum atomic E-state index is -0.797. The van der Waals surface area contributed by atoms with Gasteiger partial charge in [-0.2, -0.15) is 0 Å². The summed E-state index contributed by atoms with van der Waals surface area (Å²) in [6.07, 6.45) is 0. The number of hydrogen-bond acceptors (Lipinski definition) is 6. The summed E-state index contributed by atoms with van der Waals surface area (Å²) in [6, 6.07) is 10.0. The zero-order valence-electron chi connectivity index (χ0n) is 13.2. The van der Waals surface area contributed by atoms with Crippen LogP contribution < -0.4 is 0 Å². The Morgan fingerprint density at radius 1 is 1.12 bits per heavy atom. The molecule has 1 aliphatic heterocycles. The molecule has 0 bridgehead atoms. The van der Waals surface area contributed by atoms with Crippen LogP contribution in [-0.2, 0) is 16.1 Å². The van der Waals surface area contributed by atoms with E-state index in [1.807, 2.05) is 0 Å². The van der Waals surface area contributed by atoms with E-state index in [0.717, 1.165) is 11.0 Å². The van der Waals surface area contributed by atoms with Crippen molar-refractivity contribution in [1.29, 1.82) is 0 Å². The third kappa shape index (κ3) is 3.27. The van der Waals surface area contributed by atoms with Crippen molar-refractivity contribution in [1.82, 2.24) is 4.90 Å². The molecule has 0 radical (unpaired) electrons. The largest absolute Gasteiger partial charge is 0.459 e. The molecule has 1 heterocycles. The van der Waals surface area contributed by atoms with Crippen molar-refractivity contribution >= 4 is 35.1 Å². The third-order valence-electron chi connectivity index (χ3n) is 3.80. The van der Waals surface area contributed by atoms with Crippen LogP contribution in [0.3, 0.4) is 0 Å². The average Bonchev–Trinajstić information content (AvgIpc) is 2.86. The number of nitrogens with zero attached hydrogens (tertiary/aromatic N) is 2. The third-order valence-corrected chi connectivity index (χ3v) is 4.15. The number of ether oxygens (including phenoxy) is 1. The Bertz CT molecular complexity index is 908. The zero-order chi connectivity index (χ0) is 18.8. The summed E-state index contributed by atoms with van der Waals surface area (Å²) in [6.45, 7) is -0.768. The van der Waals surface area contributed by atoms with E-state index in [1.54, 1.807) is 12.1 Å². The van der Waals surface area contributed by atoms with Gasteiger partial charge in [-0.15, -0.1) is 0 Å². The summed E-state index contributed by atoms with van der Waals surface area (Å²) in [5.41, 5.74) is 0.663. The fourth-order valence-corrected chi connectivity index (χ4v) is 2.71. The highest BCUT2D eigenvalue weighted by molar-refractivity contribution is 6.31. The molecule has 0 unspecified atom stereocenters. The normalized spacial score (nSPS) is 12.9. The summed E-state index contributed by atoms with van der Waals surface area (Å²) >= 11 is 5.92. The molecule has 2 aromatic rings. The molecule has 26 heavy (non-hydrogen) atoms. The van der Waals surface area contributed by atoms with E-state index in [0.29, 0.717) is 5.56 Å². The highest BCUT2D eigenvalue weighted by atomic mass is 35.5. The van der Waals surface area contributed by atoms with Crippen molar-refractivity contribution in [3.63, 3.8) is 0 Å². The fourth-order valence-electron chi connectivity index (χ4n) is 2.48. The van der Waals surface area contributed by atoms with Gasteiger partial charge in [0, 0.05) is 17.7 Å². The minimum Gasteiger partial charge on any atom is -0.459 e. The van der Waals surface area contributed by atoms with Gasteiger partial charge in [-0.25, -0.2) is 0 Å². The Labute approximate surface area is 152 Å². The van der Waals surface area contributed by atoms with E-state index < -0.39 is 29.3 Å². The van der Waals surface area contributed by atoms with Crippen molar-refractivity contribution in [3.05, 3.63) is 74.3 Å². The lowest BCUT2D eigenvalue weighted by molar-refractivity contribution is -0.384. The van der Waals surface area contributed by atoms with Gasteiger partial charge in [-0.3, -0.25) is 29.4 Å². The molecule has 0 aliphatic carbocycles. The molecule has 132 valence electrons. The van der Waals surface area contributed by atoms with Crippen molar-refractivity contribution < 1.29 is 24.0 Å². The zero-order valence-corrected chi connectivity index (χ0v) is 13.9. The quantitative estimate of drug-likeness (QED) is 0.344. The highest BCUT2D eigenvalue weighted by Crippen LogP contribution is 2.24. The minimum absolute atomic E-state index is 0.0766. The van der Waals surface area contributed by atoms with E-state index >= 15 is 0 Å². The molecule has 0 fully saturated rings. The number of carbonyl (C=O) groups is 3. The molecule has 0 N–H and O–H groups in total. The average molecular weight is 375 g/mol. The van der Waals surface area contributed by atoms with E-state index in [2.05, 4.69) is 0 Å². The van der Waals surface area contributed by atoms with E-state index in [1.165, 1.54) is 24.3 Å². The van der Waals surface area contributed by atoms with Crippen LogP contribution in [0.4, 0.5) is 5.69 Å². The van der Waals surface area contributed by atoms with Crippen LogP contribution >= 0.6 is 11.6 Å². The molecule has 0 aromatic heterocycles. The van der Waals surface area contributed by atoms with Crippen LogP contribution in [0.1, 0.15) is 26.3 Å². The first-order valence-corrected chi connectivity index (χ1v) is 7.80. The van der Waals surface area contributed by atoms with Crippen LogP contribution in [0.25, 0.3) is 0 Å². The molecular weight excluding hydrogens is 364 g/mol. The number of amides is 2. The SMILES string of the molecule is O=C(CN1C(=O)c2ccccc2C1=O)OCc1ccc([N+](=O)[O-])cc1Cl. The molecule has 0 atom stereocenters. The van der Waals surface area contributed by atoms with Gasteiger partial charge >= 0.3 is 5.97 Å². The molecule has 3 rings (SSSR count). The number of esters is 1. The maximum Gasteiger partial charge on any atom is 0.326 e. The second-order valence-corrected chi connectivity index (χ2v) is 5.84. The number of fused-ring (bicyclic) bond motifs is 1. The first-order valence-electron chi connectivity index (χ1n) is 7.42. The predicted octanol–water partition coefficient (Wildman–Crippen LogP) is 2.59. The number of hydrogen-bond donors (Lipinski definition) is 0. The van der Waals surface area contributed by atoms with Gasteiger partial charge in [0.25, 0.3) is 17.5 Å². The number of nitro groups is 1. The molecule has 2 amide bonds. The number of halogens is 1. The van der Waals surface area contributed by atoms with Crippen LogP contribution in [0.5, 0.6) is 0 Å². The smallest absolute Gasteiger partial charge is 0.326 e. The standard InChI is InChI=1S/C17H11ClN2O6/c18-14-7-11(20(24)25)6-5-10(14)9-26-15(21)8-19-16(22)12-3-1-2-4-13(12)17(19)23/h1-7H,8-9H2. The lowest BCUT2D eigenvalue weighted by atomic mass is 10.1. The second-order valence-electron chi connectivity index (χ2n) is 5.44. The van der Waals surface area contributed by atoms with Crippen LogP contribution in [-0.4, -0.2) is 34.2 Å². The molecule has 0 spiro atoms. The van der Waals surface area contributed by atoms with Gasteiger partial charge in [-0.05, 0) is 18.2 Å². The summed E-state index contributed by atoms with van der Waals surface area (Å²) < 4.78 is 5.03. The topological polar surface area (TPSA) is 107 Å². The molecule has 2 aromatic carbocycles. The number of nitro benzene ring substituents is 1. The van der Waals surface area contributed by atoms with Crippen molar-refractivity contribution in [3.8, 4) is 0 Å². The van der Waals surface area contributed by atoms with Gasteiger partial charge in [0.2, 0.25) is 0 Å². The summed E-state index contributed by atoms with van der Waals surface area (Å²) in [4.78, 5) is 47.2. The molecule has 1 aliphatic rings. The van der Waals surface area contributed by atoms with Gasteiger partial charge in [0.05, 0.1) is 21.1 Å². The lowest BCUT2D eigenvalue weighted by Crippen LogP contribution is -2.35. The Hall–Kier alpha value is -3.26. The number of non-ortho nitro benzene ring substituents is 1. The van der Waals surface area contributed by atoms with E-state index in [9.17, 15) is 24.5 Å². The monoisotopic (exact) mass is 374 g/mol. The second kappa shape index (κ2) is 6.93. The Balaban J connectivity index is 1.63. The summed E-state index contributed by atoms with van der Waals surface area (Å²) in [7, 11) is 0. The number of carbonyl (C=O) groups excluding carboxylic acids is 3. The Morgan fingerprint density at radius 2 is 1.73 bits per heavy atom. The molecule has 9 heteroatoms. The maximum absolute atomic E-state index is 12.2. The molecule has 8 nitrogen and oxygen atoms in total.